The molecular weight excluding hydrogens is 348 g/mol. The number of benzene rings is 2. The highest BCUT2D eigenvalue weighted by atomic mass is 16.5. The van der Waals surface area contributed by atoms with E-state index in [9.17, 15) is 9.59 Å². The van der Waals surface area contributed by atoms with Crippen LogP contribution < -0.4 is 18.9 Å². The van der Waals surface area contributed by atoms with Crippen LogP contribution in [0.15, 0.2) is 42.2 Å². The second-order valence-corrected chi connectivity index (χ2v) is 6.28. The van der Waals surface area contributed by atoms with Gasteiger partial charge in [0.2, 0.25) is 5.78 Å². The van der Waals surface area contributed by atoms with Crippen molar-refractivity contribution in [1.82, 2.24) is 0 Å². The molecule has 0 atom stereocenters. The first kappa shape index (κ1) is 18.5. The van der Waals surface area contributed by atoms with Crippen molar-refractivity contribution in [2.24, 2.45) is 5.92 Å². The second kappa shape index (κ2) is 7.53. The lowest BCUT2D eigenvalue weighted by Crippen LogP contribution is -2.14. The molecule has 6 nitrogen and oxygen atoms in total. The molecule has 0 aliphatic carbocycles. The fourth-order valence-corrected chi connectivity index (χ4v) is 2.54. The highest BCUT2D eigenvalue weighted by Crippen LogP contribution is 2.36. The largest absolute Gasteiger partial charge is 0.497 e. The van der Waals surface area contributed by atoms with Gasteiger partial charge in [0.1, 0.15) is 23.0 Å². The van der Waals surface area contributed by atoms with Crippen LogP contribution in [0.25, 0.3) is 6.08 Å². The number of carbonyl (C=O) groups is 2. The van der Waals surface area contributed by atoms with Crippen molar-refractivity contribution >= 4 is 17.8 Å². The Bertz CT molecular complexity index is 926. The molecule has 0 unspecified atom stereocenters. The average Bonchev–Trinajstić information content (AvgIpc) is 2.97. The van der Waals surface area contributed by atoms with E-state index in [2.05, 4.69) is 0 Å². The summed E-state index contributed by atoms with van der Waals surface area (Å²) >= 11 is 0. The van der Waals surface area contributed by atoms with Crippen molar-refractivity contribution in [1.29, 1.82) is 0 Å². The number of hydrogen-bond acceptors (Lipinski definition) is 6. The fraction of sp³-hybridized carbons (Fsp3) is 0.238. The predicted molar refractivity (Wildman–Crippen MR) is 99.4 cm³/mol. The molecule has 2 aromatic carbocycles. The van der Waals surface area contributed by atoms with E-state index in [0.717, 1.165) is 0 Å². The molecule has 0 aromatic heterocycles. The number of esters is 1. The average molecular weight is 368 g/mol. The Kier molecular flexibility index (Phi) is 5.16. The van der Waals surface area contributed by atoms with Gasteiger partial charge in [-0.15, -0.1) is 0 Å². The van der Waals surface area contributed by atoms with Crippen molar-refractivity contribution in [3.05, 3.63) is 53.3 Å². The zero-order valence-corrected chi connectivity index (χ0v) is 15.6. The summed E-state index contributed by atoms with van der Waals surface area (Å²) in [5, 5.41) is 0. The first-order valence-corrected chi connectivity index (χ1v) is 8.45. The Morgan fingerprint density at radius 1 is 1.04 bits per heavy atom. The fourth-order valence-electron chi connectivity index (χ4n) is 2.54. The monoisotopic (exact) mass is 368 g/mol. The molecule has 0 bridgehead atoms. The summed E-state index contributed by atoms with van der Waals surface area (Å²) in [5.41, 5.74) is 1.10. The number of rotatable bonds is 5. The zero-order valence-electron chi connectivity index (χ0n) is 15.6. The van der Waals surface area contributed by atoms with Gasteiger partial charge < -0.3 is 18.9 Å². The van der Waals surface area contributed by atoms with Crippen molar-refractivity contribution in [2.75, 3.05) is 14.2 Å². The lowest BCUT2D eigenvalue weighted by molar-refractivity contribution is -0.137. The van der Waals surface area contributed by atoms with E-state index in [1.165, 1.54) is 7.11 Å². The molecular formula is C21H20O6. The maximum atomic E-state index is 12.6. The molecule has 0 fully saturated rings. The van der Waals surface area contributed by atoms with Gasteiger partial charge in [0.05, 0.1) is 25.7 Å². The summed E-state index contributed by atoms with van der Waals surface area (Å²) in [6, 6.07) is 9.98. The summed E-state index contributed by atoms with van der Waals surface area (Å²) in [6.07, 6.45) is 1.61. The number of allylic oxidation sites excluding steroid dienone is 1. The highest BCUT2D eigenvalue weighted by Gasteiger charge is 2.28. The number of ether oxygens (including phenoxy) is 4. The van der Waals surface area contributed by atoms with Crippen LogP contribution in [0.4, 0.5) is 0 Å². The molecule has 0 spiro atoms. The number of methoxy groups -OCH3 is 2. The molecule has 140 valence electrons. The molecule has 6 heteroatoms. The standard InChI is InChI=1S/C21H20O6/c1-12(2)21(23)26-15-7-8-16-18(11-15)27-19(20(16)22)9-13-5-6-14(24-3)10-17(13)25-4/h5-12H,1-4H3/b19-9-. The maximum absolute atomic E-state index is 12.6. The van der Waals surface area contributed by atoms with Gasteiger partial charge in [0, 0.05) is 17.7 Å². The minimum absolute atomic E-state index is 0.167. The Morgan fingerprint density at radius 2 is 1.78 bits per heavy atom. The number of hydrogen-bond donors (Lipinski definition) is 0. The number of Topliss-reactive ketones (excluding diaryl/α,β-unsaturated/α-hetero) is 1. The molecule has 0 radical (unpaired) electrons. The molecule has 0 saturated heterocycles. The van der Waals surface area contributed by atoms with Gasteiger partial charge in [-0.25, -0.2) is 0 Å². The summed E-state index contributed by atoms with van der Waals surface area (Å²) < 4.78 is 21.5. The normalized spacial score (nSPS) is 14.1. The summed E-state index contributed by atoms with van der Waals surface area (Å²) in [4.78, 5) is 24.3. The third-order valence-electron chi connectivity index (χ3n) is 4.06. The van der Waals surface area contributed by atoms with E-state index < -0.39 is 0 Å². The van der Waals surface area contributed by atoms with Gasteiger partial charge in [0.15, 0.2) is 5.76 Å². The van der Waals surface area contributed by atoms with Crippen LogP contribution in [0.3, 0.4) is 0 Å². The second-order valence-electron chi connectivity index (χ2n) is 6.28. The van der Waals surface area contributed by atoms with Gasteiger partial charge in [-0.3, -0.25) is 9.59 Å². The van der Waals surface area contributed by atoms with Crippen molar-refractivity contribution in [2.45, 2.75) is 13.8 Å². The Hall–Kier alpha value is -3.28. The molecule has 1 aliphatic rings. The van der Waals surface area contributed by atoms with Gasteiger partial charge in [-0.2, -0.15) is 0 Å². The van der Waals surface area contributed by atoms with Crippen LogP contribution in [0, 0.1) is 5.92 Å². The summed E-state index contributed by atoms with van der Waals surface area (Å²) in [7, 11) is 3.11. The van der Waals surface area contributed by atoms with Crippen LogP contribution >= 0.6 is 0 Å². The SMILES string of the molecule is COc1ccc(/C=C2\Oc3cc(OC(=O)C(C)C)ccc3C2=O)c(OC)c1. The van der Waals surface area contributed by atoms with E-state index in [-0.39, 0.29) is 23.4 Å². The number of ketones is 1. The van der Waals surface area contributed by atoms with Crippen LogP contribution in [0.2, 0.25) is 0 Å². The molecule has 27 heavy (non-hydrogen) atoms. The Morgan fingerprint density at radius 3 is 2.44 bits per heavy atom. The van der Waals surface area contributed by atoms with Gasteiger partial charge in [-0.05, 0) is 30.3 Å². The predicted octanol–water partition coefficient (Wildman–Crippen LogP) is 3.88. The van der Waals surface area contributed by atoms with Crippen molar-refractivity contribution in [3.8, 4) is 23.0 Å². The maximum Gasteiger partial charge on any atom is 0.313 e. The molecule has 1 aliphatic heterocycles. The first-order chi connectivity index (χ1) is 12.9. The van der Waals surface area contributed by atoms with E-state index in [1.807, 2.05) is 0 Å². The molecule has 0 saturated carbocycles. The van der Waals surface area contributed by atoms with Crippen LogP contribution in [0.1, 0.15) is 29.8 Å². The van der Waals surface area contributed by atoms with Crippen molar-refractivity contribution in [3.63, 3.8) is 0 Å². The smallest absolute Gasteiger partial charge is 0.313 e. The highest BCUT2D eigenvalue weighted by molar-refractivity contribution is 6.14. The van der Waals surface area contributed by atoms with Gasteiger partial charge >= 0.3 is 5.97 Å². The Balaban J connectivity index is 1.88. The third kappa shape index (κ3) is 3.79. The molecule has 0 N–H and O–H groups in total. The molecule has 1 heterocycles. The lowest BCUT2D eigenvalue weighted by Gasteiger charge is -2.08. The third-order valence-corrected chi connectivity index (χ3v) is 4.06. The zero-order chi connectivity index (χ0) is 19.6. The number of fused-ring (bicyclic) bond motifs is 1. The molecule has 0 amide bonds. The summed E-state index contributed by atoms with van der Waals surface area (Å²) in [5.74, 6) is 1.21. The first-order valence-electron chi connectivity index (χ1n) is 8.45. The summed E-state index contributed by atoms with van der Waals surface area (Å²) in [6.45, 7) is 3.50. The molecule has 3 rings (SSSR count). The van der Waals surface area contributed by atoms with Gasteiger partial charge in [0.25, 0.3) is 0 Å². The Labute approximate surface area is 157 Å². The number of carbonyl (C=O) groups excluding carboxylic acids is 2. The van der Waals surface area contributed by atoms with Crippen LogP contribution in [-0.4, -0.2) is 26.0 Å². The minimum Gasteiger partial charge on any atom is -0.497 e. The van der Waals surface area contributed by atoms with E-state index in [4.69, 9.17) is 18.9 Å². The topological polar surface area (TPSA) is 71.1 Å². The van der Waals surface area contributed by atoms with E-state index in [1.54, 1.807) is 63.4 Å². The van der Waals surface area contributed by atoms with E-state index in [0.29, 0.717) is 34.1 Å². The minimum atomic E-state index is -0.349. The van der Waals surface area contributed by atoms with Crippen molar-refractivity contribution < 1.29 is 28.5 Å². The van der Waals surface area contributed by atoms with Crippen LogP contribution in [0.5, 0.6) is 23.0 Å². The quantitative estimate of drug-likeness (QED) is 0.453. The lowest BCUT2D eigenvalue weighted by atomic mass is 10.1. The van der Waals surface area contributed by atoms with Gasteiger partial charge in [-0.1, -0.05) is 13.8 Å². The van der Waals surface area contributed by atoms with Crippen LogP contribution in [-0.2, 0) is 4.79 Å². The molecule has 2 aromatic rings. The van der Waals surface area contributed by atoms with E-state index >= 15 is 0 Å².